The van der Waals surface area contributed by atoms with E-state index in [1.165, 1.54) is 12.1 Å². The van der Waals surface area contributed by atoms with Gasteiger partial charge in [-0.15, -0.1) is 0 Å². The van der Waals surface area contributed by atoms with Gasteiger partial charge in [0.1, 0.15) is 5.82 Å². The molecular weight excluding hydrogens is 160 g/mol. The van der Waals surface area contributed by atoms with Crippen LogP contribution in [0.1, 0.15) is 5.69 Å². The van der Waals surface area contributed by atoms with Gasteiger partial charge in [-0.25, -0.2) is 4.98 Å². The lowest BCUT2D eigenvalue weighted by Crippen LogP contribution is -2.03. The van der Waals surface area contributed by atoms with E-state index in [0.29, 0.717) is 5.69 Å². The molecule has 0 aliphatic carbocycles. The van der Waals surface area contributed by atoms with Crippen molar-refractivity contribution in [1.82, 2.24) is 4.98 Å². The van der Waals surface area contributed by atoms with Gasteiger partial charge in [0.15, 0.2) is 0 Å². The van der Waals surface area contributed by atoms with Crippen molar-refractivity contribution >= 4 is 11.5 Å². The van der Waals surface area contributed by atoms with Crippen molar-refractivity contribution in [1.29, 1.82) is 0 Å². The molecule has 0 saturated heterocycles. The first-order valence-electron chi connectivity index (χ1n) is 3.24. The van der Waals surface area contributed by atoms with Crippen LogP contribution in [-0.2, 0) is 6.54 Å². The number of rotatable bonds is 2. The zero-order valence-corrected chi connectivity index (χ0v) is 6.23. The molecule has 6 heteroatoms. The summed E-state index contributed by atoms with van der Waals surface area (Å²) in [4.78, 5) is 13.6. The maximum Gasteiger partial charge on any atom is 0.274 e. The summed E-state index contributed by atoms with van der Waals surface area (Å²) in [5, 5.41) is 10.3. The number of nitrogen functional groups attached to an aromatic ring is 1. The van der Waals surface area contributed by atoms with E-state index in [1.54, 1.807) is 0 Å². The van der Waals surface area contributed by atoms with Gasteiger partial charge in [-0.3, -0.25) is 10.1 Å². The lowest BCUT2D eigenvalue weighted by Gasteiger charge is -1.97. The minimum atomic E-state index is -0.531. The Balaban J connectivity index is 3.15. The van der Waals surface area contributed by atoms with Crippen LogP contribution >= 0.6 is 0 Å². The van der Waals surface area contributed by atoms with Crippen LogP contribution < -0.4 is 11.5 Å². The molecule has 6 nitrogen and oxygen atoms in total. The fraction of sp³-hybridized carbons (Fsp3) is 0.167. The first-order chi connectivity index (χ1) is 5.63. The molecule has 0 fully saturated rings. The predicted molar refractivity (Wildman–Crippen MR) is 43.2 cm³/mol. The Morgan fingerprint density at radius 1 is 1.58 bits per heavy atom. The molecule has 64 valence electrons. The number of nitrogens with zero attached hydrogens (tertiary/aromatic N) is 2. The van der Waals surface area contributed by atoms with Crippen LogP contribution in [0.3, 0.4) is 0 Å². The summed E-state index contributed by atoms with van der Waals surface area (Å²) in [5.41, 5.74) is 10.9. The number of nitrogens with two attached hydrogens (primary N) is 2. The number of nitro groups is 1. The van der Waals surface area contributed by atoms with Crippen molar-refractivity contribution in [3.8, 4) is 0 Å². The second-order valence-electron chi connectivity index (χ2n) is 2.20. The van der Waals surface area contributed by atoms with E-state index < -0.39 is 4.92 Å². The number of hydrogen-bond acceptors (Lipinski definition) is 5. The summed E-state index contributed by atoms with van der Waals surface area (Å²) in [6.07, 6.45) is 0. The SMILES string of the molecule is NCc1cc([N+](=O)[O-])cc(N)n1. The van der Waals surface area contributed by atoms with Gasteiger partial charge in [-0.1, -0.05) is 0 Å². The van der Waals surface area contributed by atoms with Crippen LogP contribution in [0.4, 0.5) is 11.5 Å². The maximum absolute atomic E-state index is 10.3. The molecule has 0 amide bonds. The van der Waals surface area contributed by atoms with E-state index in [-0.39, 0.29) is 18.1 Å². The Kier molecular flexibility index (Phi) is 2.20. The zero-order valence-electron chi connectivity index (χ0n) is 6.23. The first kappa shape index (κ1) is 8.41. The molecule has 4 N–H and O–H groups in total. The summed E-state index contributed by atoms with van der Waals surface area (Å²) >= 11 is 0. The Hall–Kier alpha value is -1.69. The Morgan fingerprint density at radius 2 is 2.25 bits per heavy atom. The predicted octanol–water partition coefficient (Wildman–Crippen LogP) is 0.0307. The molecule has 1 aromatic rings. The molecule has 0 unspecified atom stereocenters. The summed E-state index contributed by atoms with van der Waals surface area (Å²) in [6.45, 7) is 0.145. The summed E-state index contributed by atoms with van der Waals surface area (Å²) in [5.74, 6) is 0.115. The van der Waals surface area contributed by atoms with Crippen molar-refractivity contribution in [2.45, 2.75) is 6.54 Å². The monoisotopic (exact) mass is 168 g/mol. The molecule has 0 radical (unpaired) electrons. The summed E-state index contributed by atoms with van der Waals surface area (Å²) in [6, 6.07) is 2.50. The molecular formula is C6H8N4O2. The van der Waals surface area contributed by atoms with Crippen molar-refractivity contribution in [3.05, 3.63) is 27.9 Å². The molecule has 0 aliphatic rings. The number of pyridine rings is 1. The molecule has 1 rings (SSSR count). The van der Waals surface area contributed by atoms with Crippen LogP contribution in [-0.4, -0.2) is 9.91 Å². The number of hydrogen-bond donors (Lipinski definition) is 2. The Morgan fingerprint density at radius 3 is 2.75 bits per heavy atom. The zero-order chi connectivity index (χ0) is 9.14. The minimum Gasteiger partial charge on any atom is -0.383 e. The summed E-state index contributed by atoms with van der Waals surface area (Å²) in [7, 11) is 0. The van der Waals surface area contributed by atoms with E-state index in [4.69, 9.17) is 11.5 Å². The highest BCUT2D eigenvalue weighted by atomic mass is 16.6. The highest BCUT2D eigenvalue weighted by Gasteiger charge is 2.08. The van der Waals surface area contributed by atoms with Crippen LogP contribution in [0.15, 0.2) is 12.1 Å². The van der Waals surface area contributed by atoms with E-state index in [9.17, 15) is 10.1 Å². The van der Waals surface area contributed by atoms with Crippen LogP contribution in [0, 0.1) is 10.1 Å². The average molecular weight is 168 g/mol. The van der Waals surface area contributed by atoms with Crippen molar-refractivity contribution < 1.29 is 4.92 Å². The molecule has 0 saturated carbocycles. The lowest BCUT2D eigenvalue weighted by molar-refractivity contribution is -0.384. The largest absolute Gasteiger partial charge is 0.383 e. The second-order valence-corrected chi connectivity index (χ2v) is 2.20. The Labute approximate surface area is 68.3 Å². The number of anilines is 1. The Bertz CT molecular complexity index is 312. The van der Waals surface area contributed by atoms with Crippen LogP contribution in [0.2, 0.25) is 0 Å². The van der Waals surface area contributed by atoms with Gasteiger partial charge in [0, 0.05) is 12.6 Å². The first-order valence-corrected chi connectivity index (χ1v) is 3.24. The van der Waals surface area contributed by atoms with Gasteiger partial charge >= 0.3 is 0 Å². The molecule has 0 atom stereocenters. The quantitative estimate of drug-likeness (QED) is 0.478. The minimum absolute atomic E-state index is 0.0806. The summed E-state index contributed by atoms with van der Waals surface area (Å²) < 4.78 is 0. The van der Waals surface area contributed by atoms with Crippen molar-refractivity contribution in [2.24, 2.45) is 5.73 Å². The molecule has 0 bridgehead atoms. The van der Waals surface area contributed by atoms with Gasteiger partial charge in [-0.2, -0.15) is 0 Å². The third-order valence-electron chi connectivity index (χ3n) is 1.30. The topological polar surface area (TPSA) is 108 Å². The van der Waals surface area contributed by atoms with E-state index >= 15 is 0 Å². The molecule has 1 heterocycles. The average Bonchev–Trinajstić information content (AvgIpc) is 2.03. The lowest BCUT2D eigenvalue weighted by atomic mass is 10.3. The fourth-order valence-corrected chi connectivity index (χ4v) is 0.804. The highest BCUT2D eigenvalue weighted by Crippen LogP contribution is 2.14. The van der Waals surface area contributed by atoms with Gasteiger partial charge < -0.3 is 11.5 Å². The molecule has 0 spiro atoms. The molecule has 0 aromatic carbocycles. The fourth-order valence-electron chi connectivity index (χ4n) is 0.804. The molecule has 0 aliphatic heterocycles. The molecule has 1 aromatic heterocycles. The third kappa shape index (κ3) is 1.67. The van der Waals surface area contributed by atoms with E-state index in [2.05, 4.69) is 4.98 Å². The second kappa shape index (κ2) is 3.14. The maximum atomic E-state index is 10.3. The van der Waals surface area contributed by atoms with Gasteiger partial charge in [-0.05, 0) is 0 Å². The van der Waals surface area contributed by atoms with E-state index in [1.807, 2.05) is 0 Å². The van der Waals surface area contributed by atoms with Gasteiger partial charge in [0.05, 0.1) is 16.7 Å². The van der Waals surface area contributed by atoms with E-state index in [0.717, 1.165) is 0 Å². The van der Waals surface area contributed by atoms with Crippen LogP contribution in [0.5, 0.6) is 0 Å². The van der Waals surface area contributed by atoms with Gasteiger partial charge in [0.2, 0.25) is 0 Å². The van der Waals surface area contributed by atoms with Crippen molar-refractivity contribution in [2.75, 3.05) is 5.73 Å². The standard InChI is InChI=1S/C6H8N4O2/c7-3-4-1-5(10(11)12)2-6(8)9-4/h1-2H,3,7H2,(H2,8,9). The third-order valence-corrected chi connectivity index (χ3v) is 1.30. The van der Waals surface area contributed by atoms with Crippen LogP contribution in [0.25, 0.3) is 0 Å². The molecule has 12 heavy (non-hydrogen) atoms. The van der Waals surface area contributed by atoms with Gasteiger partial charge in [0.25, 0.3) is 5.69 Å². The normalized spacial score (nSPS) is 9.75. The van der Waals surface area contributed by atoms with Crippen molar-refractivity contribution in [3.63, 3.8) is 0 Å². The number of aromatic nitrogens is 1. The smallest absolute Gasteiger partial charge is 0.274 e. The highest BCUT2D eigenvalue weighted by molar-refractivity contribution is 5.43.